The molecule has 2 N–H and O–H groups in total. The summed E-state index contributed by atoms with van der Waals surface area (Å²) in [5.74, 6) is 0. The molecule has 2 saturated heterocycles. The molecule has 0 bridgehead atoms. The molecular weight excluding hydrogens is 222 g/mol. The summed E-state index contributed by atoms with van der Waals surface area (Å²) < 4.78 is 10.8. The van der Waals surface area contributed by atoms with E-state index >= 15 is 0 Å². The lowest BCUT2D eigenvalue weighted by Crippen LogP contribution is -2.47. The molecule has 2 heterocycles. The maximum Gasteiger partial charge on any atom is 0.410 e. The molecule has 6 heteroatoms. The van der Waals surface area contributed by atoms with Gasteiger partial charge in [-0.3, -0.25) is 4.90 Å². The number of rotatable bonds is 4. The molecule has 2 fully saturated rings. The van der Waals surface area contributed by atoms with Gasteiger partial charge < -0.3 is 20.1 Å². The van der Waals surface area contributed by atoms with Gasteiger partial charge in [0.2, 0.25) is 0 Å². The summed E-state index contributed by atoms with van der Waals surface area (Å²) in [4.78, 5) is 15.6. The Kier molecular flexibility index (Phi) is 4.20. The number of carbonyl (C=O) groups excluding carboxylic acids is 1. The SMILES string of the molecule is CCN1CCOC(CN2CC(CN)OC2=O)C1. The largest absolute Gasteiger partial charge is 0.443 e. The summed E-state index contributed by atoms with van der Waals surface area (Å²) in [5, 5.41) is 0. The van der Waals surface area contributed by atoms with Crippen molar-refractivity contribution in [3.05, 3.63) is 0 Å². The van der Waals surface area contributed by atoms with E-state index in [-0.39, 0.29) is 18.3 Å². The molecule has 2 aliphatic rings. The maximum atomic E-state index is 11.5. The van der Waals surface area contributed by atoms with Gasteiger partial charge in [-0.15, -0.1) is 0 Å². The number of morpholine rings is 1. The van der Waals surface area contributed by atoms with E-state index < -0.39 is 0 Å². The second-order valence-electron chi connectivity index (χ2n) is 4.53. The van der Waals surface area contributed by atoms with Crippen molar-refractivity contribution in [2.24, 2.45) is 5.73 Å². The average molecular weight is 243 g/mol. The van der Waals surface area contributed by atoms with E-state index in [1.807, 2.05) is 0 Å². The van der Waals surface area contributed by atoms with Crippen molar-refractivity contribution in [1.29, 1.82) is 0 Å². The fourth-order valence-corrected chi connectivity index (χ4v) is 2.27. The Hall–Kier alpha value is -0.850. The highest BCUT2D eigenvalue weighted by Crippen LogP contribution is 2.13. The molecule has 0 aromatic rings. The summed E-state index contributed by atoms with van der Waals surface area (Å²) in [7, 11) is 0. The first-order valence-electron chi connectivity index (χ1n) is 6.22. The number of cyclic esters (lactones) is 1. The zero-order chi connectivity index (χ0) is 12.3. The average Bonchev–Trinajstić information content (AvgIpc) is 2.70. The van der Waals surface area contributed by atoms with E-state index in [9.17, 15) is 4.79 Å². The van der Waals surface area contributed by atoms with E-state index in [1.54, 1.807) is 4.90 Å². The molecule has 2 rings (SSSR count). The van der Waals surface area contributed by atoms with Crippen LogP contribution in [0.25, 0.3) is 0 Å². The van der Waals surface area contributed by atoms with Crippen LogP contribution < -0.4 is 5.73 Å². The summed E-state index contributed by atoms with van der Waals surface area (Å²) in [6, 6.07) is 0. The Morgan fingerprint density at radius 3 is 2.88 bits per heavy atom. The molecule has 0 aliphatic carbocycles. The molecule has 2 unspecified atom stereocenters. The standard InChI is InChI=1S/C11H21N3O3/c1-2-13-3-4-16-10(6-13)8-14-7-9(5-12)17-11(14)15/h9-10H,2-8,12H2,1H3. The number of hydrogen-bond donors (Lipinski definition) is 1. The highest BCUT2D eigenvalue weighted by molar-refractivity contribution is 5.69. The lowest BCUT2D eigenvalue weighted by atomic mass is 10.2. The molecule has 0 aromatic heterocycles. The van der Waals surface area contributed by atoms with Crippen molar-refractivity contribution >= 4 is 6.09 Å². The second-order valence-corrected chi connectivity index (χ2v) is 4.53. The van der Waals surface area contributed by atoms with E-state index in [0.717, 1.165) is 26.2 Å². The molecule has 6 nitrogen and oxygen atoms in total. The van der Waals surface area contributed by atoms with E-state index in [1.165, 1.54) is 0 Å². The number of likely N-dealkylation sites (N-methyl/N-ethyl adjacent to an activating group) is 1. The first kappa shape index (κ1) is 12.6. The third-order valence-electron chi connectivity index (χ3n) is 3.31. The number of carbonyl (C=O) groups is 1. The first-order valence-corrected chi connectivity index (χ1v) is 6.22. The van der Waals surface area contributed by atoms with Gasteiger partial charge in [0.1, 0.15) is 6.10 Å². The van der Waals surface area contributed by atoms with Crippen LogP contribution in [-0.4, -0.2) is 74.0 Å². The fraction of sp³-hybridized carbons (Fsp3) is 0.909. The van der Waals surface area contributed by atoms with Crippen molar-refractivity contribution in [1.82, 2.24) is 9.80 Å². The minimum atomic E-state index is -0.266. The molecule has 2 atom stereocenters. The van der Waals surface area contributed by atoms with Crippen LogP contribution in [0.2, 0.25) is 0 Å². The molecule has 0 radical (unpaired) electrons. The Morgan fingerprint density at radius 2 is 2.24 bits per heavy atom. The van der Waals surface area contributed by atoms with Crippen LogP contribution in [0.1, 0.15) is 6.92 Å². The van der Waals surface area contributed by atoms with Gasteiger partial charge in [-0.2, -0.15) is 0 Å². The Morgan fingerprint density at radius 1 is 1.41 bits per heavy atom. The highest BCUT2D eigenvalue weighted by atomic mass is 16.6. The topological polar surface area (TPSA) is 68.0 Å². The lowest BCUT2D eigenvalue weighted by Gasteiger charge is -2.33. The Balaban J connectivity index is 1.82. The van der Waals surface area contributed by atoms with Crippen molar-refractivity contribution in [3.8, 4) is 0 Å². The Labute approximate surface area is 102 Å². The van der Waals surface area contributed by atoms with Crippen LogP contribution in [-0.2, 0) is 9.47 Å². The van der Waals surface area contributed by atoms with E-state index in [0.29, 0.717) is 19.6 Å². The number of nitrogens with zero attached hydrogens (tertiary/aromatic N) is 2. The third-order valence-corrected chi connectivity index (χ3v) is 3.31. The van der Waals surface area contributed by atoms with Crippen molar-refractivity contribution in [2.75, 3.05) is 45.9 Å². The summed E-state index contributed by atoms with van der Waals surface area (Å²) in [6.45, 7) is 7.33. The zero-order valence-electron chi connectivity index (χ0n) is 10.3. The van der Waals surface area contributed by atoms with Crippen LogP contribution in [0.4, 0.5) is 4.79 Å². The van der Waals surface area contributed by atoms with Gasteiger partial charge in [0, 0.05) is 19.6 Å². The minimum absolute atomic E-state index is 0.0905. The van der Waals surface area contributed by atoms with Crippen molar-refractivity contribution in [2.45, 2.75) is 19.1 Å². The zero-order valence-corrected chi connectivity index (χ0v) is 10.3. The first-order chi connectivity index (χ1) is 8.22. The van der Waals surface area contributed by atoms with Gasteiger partial charge in [-0.1, -0.05) is 6.92 Å². The number of amides is 1. The molecule has 2 aliphatic heterocycles. The third kappa shape index (κ3) is 3.08. The molecule has 17 heavy (non-hydrogen) atoms. The normalized spacial score (nSPS) is 30.7. The quantitative estimate of drug-likeness (QED) is 0.720. The van der Waals surface area contributed by atoms with Gasteiger partial charge in [-0.05, 0) is 6.54 Å². The van der Waals surface area contributed by atoms with Gasteiger partial charge in [0.15, 0.2) is 0 Å². The summed E-state index contributed by atoms with van der Waals surface area (Å²) in [5.41, 5.74) is 5.49. The lowest BCUT2D eigenvalue weighted by molar-refractivity contribution is -0.0358. The van der Waals surface area contributed by atoms with Crippen LogP contribution in [0, 0.1) is 0 Å². The minimum Gasteiger partial charge on any atom is -0.443 e. The smallest absolute Gasteiger partial charge is 0.410 e. The van der Waals surface area contributed by atoms with Gasteiger partial charge in [0.05, 0.1) is 25.8 Å². The molecular formula is C11H21N3O3. The maximum absolute atomic E-state index is 11.5. The predicted molar refractivity (Wildman–Crippen MR) is 62.8 cm³/mol. The predicted octanol–water partition coefficient (Wildman–Crippen LogP) is -0.513. The van der Waals surface area contributed by atoms with Crippen LogP contribution in [0.5, 0.6) is 0 Å². The summed E-state index contributed by atoms with van der Waals surface area (Å²) >= 11 is 0. The van der Waals surface area contributed by atoms with Crippen LogP contribution >= 0.6 is 0 Å². The summed E-state index contributed by atoms with van der Waals surface area (Å²) in [6.07, 6.45) is -0.334. The molecule has 1 amide bonds. The molecule has 98 valence electrons. The monoisotopic (exact) mass is 243 g/mol. The fourth-order valence-electron chi connectivity index (χ4n) is 2.27. The molecule has 0 aromatic carbocycles. The Bertz CT molecular complexity index is 275. The van der Waals surface area contributed by atoms with Gasteiger partial charge >= 0.3 is 6.09 Å². The second kappa shape index (κ2) is 5.66. The van der Waals surface area contributed by atoms with E-state index in [4.69, 9.17) is 15.2 Å². The van der Waals surface area contributed by atoms with Crippen molar-refractivity contribution < 1.29 is 14.3 Å². The number of nitrogens with two attached hydrogens (primary N) is 1. The number of ether oxygens (including phenoxy) is 2. The molecule has 0 saturated carbocycles. The van der Waals surface area contributed by atoms with Crippen LogP contribution in [0.15, 0.2) is 0 Å². The highest BCUT2D eigenvalue weighted by Gasteiger charge is 2.33. The van der Waals surface area contributed by atoms with E-state index in [2.05, 4.69) is 11.8 Å². The van der Waals surface area contributed by atoms with Crippen LogP contribution in [0.3, 0.4) is 0 Å². The molecule has 0 spiro atoms. The number of hydrogen-bond acceptors (Lipinski definition) is 5. The van der Waals surface area contributed by atoms with Gasteiger partial charge in [0.25, 0.3) is 0 Å². The van der Waals surface area contributed by atoms with Gasteiger partial charge in [-0.25, -0.2) is 4.79 Å². The van der Waals surface area contributed by atoms with Crippen molar-refractivity contribution in [3.63, 3.8) is 0 Å².